The van der Waals surface area contributed by atoms with Crippen LogP contribution in [0.15, 0.2) is 54.6 Å². The van der Waals surface area contributed by atoms with E-state index in [9.17, 15) is 4.79 Å². The average molecular weight is 420 g/mol. The number of anilines is 1. The third-order valence-corrected chi connectivity index (χ3v) is 5.95. The van der Waals surface area contributed by atoms with Gasteiger partial charge in [0.25, 0.3) is 0 Å². The summed E-state index contributed by atoms with van der Waals surface area (Å²) in [5.41, 5.74) is 8.93. The van der Waals surface area contributed by atoms with E-state index in [-0.39, 0.29) is 5.78 Å². The predicted molar refractivity (Wildman–Crippen MR) is 119 cm³/mol. The molecule has 0 saturated heterocycles. The highest BCUT2D eigenvalue weighted by Crippen LogP contribution is 2.37. The van der Waals surface area contributed by atoms with Crippen LogP contribution in [0.5, 0.6) is 17.2 Å². The van der Waals surface area contributed by atoms with Crippen LogP contribution in [0.2, 0.25) is 0 Å². The zero-order valence-electron chi connectivity index (χ0n) is 16.8. The molecule has 0 atom stereocenters. The van der Waals surface area contributed by atoms with Crippen LogP contribution >= 0.6 is 11.3 Å². The quantitative estimate of drug-likeness (QED) is 0.451. The number of nitrogens with zero attached hydrogens (tertiary/aromatic N) is 1. The van der Waals surface area contributed by atoms with E-state index >= 15 is 0 Å². The van der Waals surface area contributed by atoms with Crippen molar-refractivity contribution in [2.75, 3.05) is 27.1 Å². The molecular weight excluding hydrogens is 400 g/mol. The number of hydrogen-bond acceptors (Lipinski definition) is 7. The van der Waals surface area contributed by atoms with E-state index < -0.39 is 0 Å². The first-order chi connectivity index (χ1) is 14.5. The maximum atomic E-state index is 13.0. The molecule has 2 aromatic carbocycles. The molecule has 0 aliphatic heterocycles. The number of pyridine rings is 1. The Labute approximate surface area is 177 Å². The van der Waals surface area contributed by atoms with E-state index in [1.807, 2.05) is 30.3 Å². The Morgan fingerprint density at radius 3 is 2.30 bits per heavy atom. The number of ether oxygens (including phenoxy) is 3. The molecule has 7 heteroatoms. The van der Waals surface area contributed by atoms with E-state index in [2.05, 4.69) is 0 Å². The molecule has 2 N–H and O–H groups in total. The van der Waals surface area contributed by atoms with Crippen molar-refractivity contribution >= 4 is 33.0 Å². The molecule has 152 valence electrons. The van der Waals surface area contributed by atoms with Crippen LogP contribution in [0, 0.1) is 0 Å². The highest BCUT2D eigenvalue weighted by atomic mass is 32.1. The third kappa shape index (κ3) is 3.44. The molecule has 0 radical (unpaired) electrons. The summed E-state index contributed by atoms with van der Waals surface area (Å²) < 4.78 is 15.8. The number of carbonyl (C=O) groups excluding carboxylic acids is 1. The maximum Gasteiger partial charge on any atom is 0.205 e. The van der Waals surface area contributed by atoms with Crippen molar-refractivity contribution < 1.29 is 19.0 Å². The number of aromatic nitrogens is 1. The Kier molecular flexibility index (Phi) is 5.29. The Hall–Kier alpha value is -3.58. The number of hydrogen-bond donors (Lipinski definition) is 1. The summed E-state index contributed by atoms with van der Waals surface area (Å²) >= 11 is 1.29. The average Bonchev–Trinajstić information content (AvgIpc) is 3.13. The lowest BCUT2D eigenvalue weighted by atomic mass is 10.1. The topological polar surface area (TPSA) is 83.7 Å². The van der Waals surface area contributed by atoms with Crippen molar-refractivity contribution in [3.63, 3.8) is 0 Å². The highest BCUT2D eigenvalue weighted by molar-refractivity contribution is 7.21. The number of carbonyl (C=O) groups is 1. The number of nitrogen functional groups attached to an aromatic ring is 1. The largest absolute Gasteiger partial charge is 0.497 e. The molecule has 0 aliphatic carbocycles. The standard InChI is InChI=1S/C23H20N2O4S/c1-27-15-7-4-13(5-8-15)21(26)22-20(24)16-9-10-17(25-23(16)30-22)14-6-11-18(28-2)19(12-14)29-3/h4-12H,24H2,1-3H3. The molecule has 2 aromatic heterocycles. The molecule has 0 bridgehead atoms. The van der Waals surface area contributed by atoms with E-state index in [1.54, 1.807) is 45.6 Å². The van der Waals surface area contributed by atoms with Crippen molar-refractivity contribution in [2.24, 2.45) is 0 Å². The predicted octanol–water partition coefficient (Wildman–Crippen LogP) is 4.80. The first-order valence-corrected chi connectivity index (χ1v) is 9.97. The number of ketones is 1. The fourth-order valence-corrected chi connectivity index (χ4v) is 4.25. The number of methoxy groups -OCH3 is 3. The molecular formula is C23H20N2O4S. The molecule has 0 spiro atoms. The lowest BCUT2D eigenvalue weighted by Crippen LogP contribution is -2.01. The van der Waals surface area contributed by atoms with Gasteiger partial charge in [0.05, 0.1) is 32.7 Å². The summed E-state index contributed by atoms with van der Waals surface area (Å²) in [6, 6.07) is 16.4. The van der Waals surface area contributed by atoms with E-state index in [4.69, 9.17) is 24.9 Å². The third-order valence-electron chi connectivity index (χ3n) is 4.83. The number of benzene rings is 2. The molecule has 0 saturated carbocycles. The molecule has 0 unspecified atom stereocenters. The number of fused-ring (bicyclic) bond motifs is 1. The second-order valence-corrected chi connectivity index (χ2v) is 7.52. The molecule has 4 aromatic rings. The van der Waals surface area contributed by atoms with Crippen LogP contribution in [0.4, 0.5) is 5.69 Å². The maximum absolute atomic E-state index is 13.0. The fourth-order valence-electron chi connectivity index (χ4n) is 3.20. The number of thiophene rings is 1. The van der Waals surface area contributed by atoms with Gasteiger partial charge in [0, 0.05) is 16.5 Å². The monoisotopic (exact) mass is 420 g/mol. The summed E-state index contributed by atoms with van der Waals surface area (Å²) in [6.07, 6.45) is 0. The SMILES string of the molecule is COc1ccc(C(=O)c2sc3nc(-c4ccc(OC)c(OC)c4)ccc3c2N)cc1. The van der Waals surface area contributed by atoms with E-state index in [1.165, 1.54) is 11.3 Å². The van der Waals surface area contributed by atoms with Crippen molar-refractivity contribution in [3.05, 3.63) is 65.0 Å². The summed E-state index contributed by atoms with van der Waals surface area (Å²) in [5.74, 6) is 1.83. The minimum absolute atomic E-state index is 0.134. The highest BCUT2D eigenvalue weighted by Gasteiger charge is 2.19. The van der Waals surface area contributed by atoms with Gasteiger partial charge in [-0.05, 0) is 54.6 Å². The van der Waals surface area contributed by atoms with Crippen molar-refractivity contribution in [2.45, 2.75) is 0 Å². The molecule has 0 aliphatic rings. The Balaban J connectivity index is 1.73. The van der Waals surface area contributed by atoms with Crippen molar-refractivity contribution in [1.82, 2.24) is 4.98 Å². The molecule has 4 rings (SSSR count). The first-order valence-electron chi connectivity index (χ1n) is 9.16. The van der Waals surface area contributed by atoms with Gasteiger partial charge in [-0.2, -0.15) is 0 Å². The Morgan fingerprint density at radius 1 is 0.900 bits per heavy atom. The van der Waals surface area contributed by atoms with Gasteiger partial charge in [-0.3, -0.25) is 4.79 Å². The summed E-state index contributed by atoms with van der Waals surface area (Å²) in [6.45, 7) is 0. The van der Waals surface area contributed by atoms with Crippen LogP contribution in [-0.2, 0) is 0 Å². The van der Waals surface area contributed by atoms with Crippen molar-refractivity contribution in [3.8, 4) is 28.5 Å². The second kappa shape index (κ2) is 8.04. The Bertz CT molecular complexity index is 1230. The molecule has 0 fully saturated rings. The molecule has 2 heterocycles. The minimum Gasteiger partial charge on any atom is -0.497 e. The summed E-state index contributed by atoms with van der Waals surface area (Å²) in [7, 11) is 4.77. The van der Waals surface area contributed by atoms with Crippen LogP contribution in [0.1, 0.15) is 15.2 Å². The van der Waals surface area contributed by atoms with Gasteiger partial charge < -0.3 is 19.9 Å². The molecule has 6 nitrogen and oxygen atoms in total. The smallest absolute Gasteiger partial charge is 0.205 e. The number of nitrogens with two attached hydrogens (primary N) is 1. The van der Waals surface area contributed by atoms with Gasteiger partial charge in [-0.15, -0.1) is 11.3 Å². The zero-order chi connectivity index (χ0) is 21.3. The lowest BCUT2D eigenvalue weighted by Gasteiger charge is -2.09. The number of rotatable bonds is 6. The van der Waals surface area contributed by atoms with Crippen LogP contribution in [0.3, 0.4) is 0 Å². The summed E-state index contributed by atoms with van der Waals surface area (Å²) in [4.78, 5) is 18.9. The lowest BCUT2D eigenvalue weighted by molar-refractivity contribution is 0.104. The second-order valence-electron chi connectivity index (χ2n) is 6.52. The van der Waals surface area contributed by atoms with E-state index in [0.717, 1.165) is 16.6 Å². The van der Waals surface area contributed by atoms with Crippen LogP contribution in [-0.4, -0.2) is 32.1 Å². The van der Waals surface area contributed by atoms with Gasteiger partial charge in [0.1, 0.15) is 15.5 Å². The first kappa shape index (κ1) is 19.7. The van der Waals surface area contributed by atoms with Gasteiger partial charge in [0.15, 0.2) is 11.5 Å². The Morgan fingerprint density at radius 2 is 1.63 bits per heavy atom. The van der Waals surface area contributed by atoms with Crippen molar-refractivity contribution in [1.29, 1.82) is 0 Å². The van der Waals surface area contributed by atoms with Gasteiger partial charge in [0.2, 0.25) is 5.78 Å². The molecule has 0 amide bonds. The van der Waals surface area contributed by atoms with Crippen LogP contribution in [0.25, 0.3) is 21.5 Å². The van der Waals surface area contributed by atoms with Gasteiger partial charge in [-0.1, -0.05) is 0 Å². The van der Waals surface area contributed by atoms with Gasteiger partial charge >= 0.3 is 0 Å². The minimum atomic E-state index is -0.134. The molecule has 30 heavy (non-hydrogen) atoms. The summed E-state index contributed by atoms with van der Waals surface area (Å²) in [5, 5.41) is 0.765. The zero-order valence-corrected chi connectivity index (χ0v) is 17.6. The van der Waals surface area contributed by atoms with Crippen LogP contribution < -0.4 is 19.9 Å². The van der Waals surface area contributed by atoms with Gasteiger partial charge in [-0.25, -0.2) is 4.98 Å². The normalized spacial score (nSPS) is 10.8. The van der Waals surface area contributed by atoms with E-state index in [0.29, 0.717) is 38.2 Å². The fraction of sp³-hybridized carbons (Fsp3) is 0.130.